The average Bonchev–Trinajstić information content (AvgIpc) is 3.48. The fraction of sp³-hybridized carbons (Fsp3) is 0.653. The lowest BCUT2D eigenvalue weighted by Gasteiger charge is -2.39. The monoisotopic (exact) mass is 1180 g/mol. The van der Waals surface area contributed by atoms with Crippen LogP contribution in [0.2, 0.25) is 0 Å². The van der Waals surface area contributed by atoms with E-state index in [-0.39, 0.29) is 63.7 Å². The zero-order valence-electron chi connectivity index (χ0n) is 46.8. The molecule has 0 aromatic carbocycles. The maximum atomic E-state index is 12.5. The lowest BCUT2D eigenvalue weighted by atomic mass is 9.69. The smallest absolute Gasteiger partial charge is 0.234 e. The van der Waals surface area contributed by atoms with E-state index in [1.54, 1.807) is 7.05 Å². The Hall–Kier alpha value is -6.93. The van der Waals surface area contributed by atoms with E-state index in [1.807, 2.05) is 0 Å². The number of likely N-dealkylation sites (N-methyl/N-ethyl adjacent to an activating group) is 1. The summed E-state index contributed by atoms with van der Waals surface area (Å²) in [6.45, 7) is 4.85. The van der Waals surface area contributed by atoms with Crippen molar-refractivity contribution < 1.29 is 81.5 Å². The molecule has 1 unspecified atom stereocenters. The molecule has 2 saturated carbocycles. The van der Waals surface area contributed by atoms with Crippen LogP contribution in [0.1, 0.15) is 117 Å². The van der Waals surface area contributed by atoms with Crippen LogP contribution in [0, 0.1) is 17.8 Å². The van der Waals surface area contributed by atoms with Crippen molar-refractivity contribution in [1.29, 1.82) is 0 Å². The Labute approximate surface area is 477 Å². The molecule has 0 bridgehead atoms. The van der Waals surface area contributed by atoms with E-state index < -0.39 is 132 Å². The Morgan fingerprint density at radius 1 is 0.313 bits per heavy atom. The molecule has 4 amide bonds. The summed E-state index contributed by atoms with van der Waals surface area (Å²) in [5.74, 6) is -18.7. The number of carbonyl (C=O) groups is 17. The third-order valence-corrected chi connectivity index (χ3v) is 13.0. The van der Waals surface area contributed by atoms with E-state index in [4.69, 9.17) is 0 Å². The Morgan fingerprint density at radius 3 is 0.855 bits per heavy atom. The molecule has 2 fully saturated rings. The van der Waals surface area contributed by atoms with E-state index in [0.29, 0.717) is 37.6 Å². The van der Waals surface area contributed by atoms with Gasteiger partial charge in [-0.1, -0.05) is 6.92 Å². The van der Waals surface area contributed by atoms with Crippen molar-refractivity contribution in [2.75, 3.05) is 60.3 Å². The number of amides is 4. The minimum atomic E-state index is -1.65. The number of ketones is 13. The minimum absolute atomic E-state index is 0.0455. The lowest BCUT2D eigenvalue weighted by Crippen LogP contribution is -2.54. The SMILES string of the molecule is CNCC(=O)NC1CCC(C(C)C2CCC(NC(=O)CC(=O)NCNNCNNCNNCNNCNNCNNCNC(=O)CC(=O)C(=O)CC(=O)C(=O)CC(=O)C(=O)CC(=O)C(=O)CC(=O)C(=O)CC(=O)C(=O)CC(C)=O)CC2)CC1. The van der Waals surface area contributed by atoms with Gasteiger partial charge < -0.3 is 26.6 Å². The summed E-state index contributed by atoms with van der Waals surface area (Å²) in [5, 5.41) is 13.9. The first-order valence-corrected chi connectivity index (χ1v) is 26.9. The molecular weight excluding hydrogens is 1100 g/mol. The van der Waals surface area contributed by atoms with E-state index in [1.165, 1.54) is 0 Å². The molecule has 1 atom stereocenters. The maximum absolute atomic E-state index is 12.5. The van der Waals surface area contributed by atoms with Gasteiger partial charge in [-0.05, 0) is 83.1 Å². The molecule has 2 aliphatic rings. The predicted octanol–water partition coefficient (Wildman–Crippen LogP) is -7.77. The fourth-order valence-electron chi connectivity index (χ4n) is 8.49. The van der Waals surface area contributed by atoms with Gasteiger partial charge in [0.25, 0.3) is 0 Å². The van der Waals surface area contributed by atoms with Gasteiger partial charge >= 0.3 is 0 Å². The van der Waals surface area contributed by atoms with Crippen LogP contribution in [0.25, 0.3) is 0 Å². The molecule has 0 radical (unpaired) electrons. The molecule has 0 aromatic rings. The highest BCUT2D eigenvalue weighted by Gasteiger charge is 2.34. The summed E-state index contributed by atoms with van der Waals surface area (Å²) in [4.78, 5) is 204. The van der Waals surface area contributed by atoms with Crippen LogP contribution in [-0.2, 0) is 81.5 Å². The second kappa shape index (κ2) is 41.1. The minimum Gasteiger partial charge on any atom is -0.353 e. The summed E-state index contributed by atoms with van der Waals surface area (Å²) in [5.41, 5.74) is 33.7. The Kier molecular flexibility index (Phi) is 35.8. The van der Waals surface area contributed by atoms with Gasteiger partial charge in [0, 0.05) is 12.1 Å². The van der Waals surface area contributed by atoms with Gasteiger partial charge in [-0.3, -0.25) is 81.5 Å². The Morgan fingerprint density at radius 2 is 0.566 bits per heavy atom. The molecule has 34 nitrogen and oxygen atoms in total. The lowest BCUT2D eigenvalue weighted by molar-refractivity contribution is -0.147. The van der Waals surface area contributed by atoms with E-state index in [0.717, 1.165) is 58.3 Å². The molecule has 34 heteroatoms. The normalized spacial score (nSPS) is 17.0. The van der Waals surface area contributed by atoms with Crippen molar-refractivity contribution in [3.05, 3.63) is 0 Å². The number of hydrogen-bond donors (Lipinski definition) is 17. The van der Waals surface area contributed by atoms with Gasteiger partial charge in [-0.15, -0.1) is 0 Å². The van der Waals surface area contributed by atoms with Crippen molar-refractivity contribution >= 4 is 98.8 Å². The zero-order valence-corrected chi connectivity index (χ0v) is 46.8. The highest BCUT2D eigenvalue weighted by atomic mass is 16.2. The number of rotatable bonds is 48. The average molecular weight is 1180 g/mol. The molecule has 2 aliphatic carbocycles. The topological polar surface area (TPSA) is 495 Å². The largest absolute Gasteiger partial charge is 0.353 e. The third-order valence-electron chi connectivity index (χ3n) is 13.0. The quantitative estimate of drug-likeness (QED) is 0.00885. The van der Waals surface area contributed by atoms with Crippen molar-refractivity contribution in [2.45, 2.75) is 129 Å². The highest BCUT2D eigenvalue weighted by Crippen LogP contribution is 2.39. The molecule has 462 valence electrons. The number of carbonyl (C=O) groups excluding carboxylic acids is 17. The number of nitrogens with one attached hydrogen (secondary N) is 17. The van der Waals surface area contributed by atoms with Gasteiger partial charge in [0.05, 0.1) is 98.2 Å². The summed E-state index contributed by atoms with van der Waals surface area (Å²) in [6.07, 6.45) is -0.914. The molecule has 0 aromatic heterocycles. The maximum Gasteiger partial charge on any atom is 0.234 e. The van der Waals surface area contributed by atoms with E-state index in [2.05, 4.69) is 98.6 Å². The summed E-state index contributed by atoms with van der Waals surface area (Å²) in [6, 6.07) is 0.326. The fourth-order valence-corrected chi connectivity index (χ4v) is 8.49. The Bertz CT molecular complexity index is 2340. The standard InChI is InChI=1S/C49H79N17O17/c1-28(67)12-34(68)35(69)13-36(70)37(71)14-38(72)39(73)15-40(74)41(75)16-42(76)43(77)17-44(78)45(79)18-46(80)51-21-53-55-23-57-59-25-61-63-27-64-62-26-60-58-24-56-54-22-52-47(81)19-48(82)65-32-8-4-30(5-9-32)29(2)31-6-10-33(11-7-31)66-49(83)20-50-3/h29-33,50,53-64H,4-27H2,1-3H3,(H,51,80)(H,52,81)(H,65,82)(H,66,83). The zero-order chi connectivity index (χ0) is 61.7. The van der Waals surface area contributed by atoms with Crippen LogP contribution in [0.4, 0.5) is 0 Å². The first-order valence-electron chi connectivity index (χ1n) is 26.9. The summed E-state index contributed by atoms with van der Waals surface area (Å²) < 4.78 is 0. The first kappa shape index (κ1) is 72.2. The van der Waals surface area contributed by atoms with Crippen LogP contribution in [0.15, 0.2) is 0 Å². The van der Waals surface area contributed by atoms with Crippen molar-refractivity contribution in [2.24, 2.45) is 17.8 Å². The van der Waals surface area contributed by atoms with Crippen LogP contribution < -0.4 is 91.7 Å². The van der Waals surface area contributed by atoms with Gasteiger partial charge in [-0.2, -0.15) is 0 Å². The third kappa shape index (κ3) is 31.9. The molecular formula is C49H79N17O17. The van der Waals surface area contributed by atoms with Crippen LogP contribution in [0.3, 0.4) is 0 Å². The molecule has 0 spiro atoms. The number of hydrazine groups is 6. The molecule has 0 saturated heterocycles. The number of hydrogen-bond acceptors (Lipinski definition) is 30. The van der Waals surface area contributed by atoms with Gasteiger partial charge in [0.1, 0.15) is 12.2 Å². The van der Waals surface area contributed by atoms with Crippen molar-refractivity contribution in [1.82, 2.24) is 91.7 Å². The van der Waals surface area contributed by atoms with Gasteiger partial charge in [0.2, 0.25) is 93.0 Å². The van der Waals surface area contributed by atoms with E-state index in [9.17, 15) is 81.5 Å². The Balaban J connectivity index is 1.39. The highest BCUT2D eigenvalue weighted by molar-refractivity contribution is 6.58. The van der Waals surface area contributed by atoms with Gasteiger partial charge in [-0.25, -0.2) is 65.1 Å². The van der Waals surface area contributed by atoms with Crippen LogP contribution in [-0.4, -0.2) is 171 Å². The molecule has 2 rings (SSSR count). The number of Topliss-reactive ketones (excluding diaryl/α,β-unsaturated/α-hetero) is 13. The van der Waals surface area contributed by atoms with Crippen molar-refractivity contribution in [3.63, 3.8) is 0 Å². The van der Waals surface area contributed by atoms with E-state index >= 15 is 0 Å². The predicted molar refractivity (Wildman–Crippen MR) is 287 cm³/mol. The van der Waals surface area contributed by atoms with Crippen LogP contribution in [0.5, 0.6) is 0 Å². The molecule has 17 N–H and O–H groups in total. The second-order valence-electron chi connectivity index (χ2n) is 19.5. The first-order chi connectivity index (χ1) is 39.5. The molecule has 0 aliphatic heterocycles. The van der Waals surface area contributed by atoms with Gasteiger partial charge in [0.15, 0.2) is 0 Å². The molecule has 0 heterocycles. The second-order valence-corrected chi connectivity index (χ2v) is 19.5. The molecule has 83 heavy (non-hydrogen) atoms. The van der Waals surface area contributed by atoms with Crippen molar-refractivity contribution in [3.8, 4) is 0 Å². The summed E-state index contributed by atoms with van der Waals surface area (Å²) >= 11 is 0. The van der Waals surface area contributed by atoms with Crippen LogP contribution >= 0.6 is 0 Å². The summed E-state index contributed by atoms with van der Waals surface area (Å²) in [7, 11) is 1.76.